The molecule has 1 unspecified atom stereocenters. The molecule has 106 valence electrons. The maximum atomic E-state index is 13.7. The molecule has 0 heterocycles. The van der Waals surface area contributed by atoms with Crippen LogP contribution in [0.2, 0.25) is 15.1 Å². The molecule has 0 aliphatic rings. The largest absolute Gasteiger partial charge is 0.375 e. The molecule has 1 N–H and O–H groups in total. The molecule has 0 saturated carbocycles. The smallest absolute Gasteiger partial charge is 0.150 e. The van der Waals surface area contributed by atoms with Crippen molar-refractivity contribution < 1.29 is 8.78 Å². The molecule has 0 aliphatic carbocycles. The van der Waals surface area contributed by atoms with Crippen LogP contribution in [0.25, 0.3) is 0 Å². The Morgan fingerprint density at radius 3 is 2.40 bits per heavy atom. The minimum absolute atomic E-state index is 0.0246. The first-order valence-electron chi connectivity index (χ1n) is 5.75. The van der Waals surface area contributed by atoms with Crippen LogP contribution in [0.15, 0.2) is 30.3 Å². The van der Waals surface area contributed by atoms with Gasteiger partial charge in [0.2, 0.25) is 0 Å². The molecule has 0 aliphatic heterocycles. The molecule has 0 amide bonds. The van der Waals surface area contributed by atoms with Crippen molar-refractivity contribution in [2.24, 2.45) is 0 Å². The monoisotopic (exact) mass is 335 g/mol. The number of benzene rings is 2. The Kier molecular flexibility index (Phi) is 4.74. The van der Waals surface area contributed by atoms with Gasteiger partial charge >= 0.3 is 0 Å². The minimum Gasteiger partial charge on any atom is -0.375 e. The molecule has 1 atom stereocenters. The van der Waals surface area contributed by atoms with E-state index in [2.05, 4.69) is 5.32 Å². The maximum absolute atomic E-state index is 13.7. The fourth-order valence-electron chi connectivity index (χ4n) is 1.83. The molecule has 6 heteroatoms. The first-order chi connectivity index (χ1) is 9.40. The maximum Gasteiger partial charge on any atom is 0.150 e. The molecule has 0 fully saturated rings. The van der Waals surface area contributed by atoms with Crippen LogP contribution in [0.4, 0.5) is 14.5 Å². The molecular formula is C14H10Cl3F2N. The van der Waals surface area contributed by atoms with Crippen molar-refractivity contribution in [2.75, 3.05) is 5.32 Å². The van der Waals surface area contributed by atoms with Gasteiger partial charge in [-0.05, 0) is 24.6 Å². The summed E-state index contributed by atoms with van der Waals surface area (Å²) in [6, 6.07) is 6.62. The lowest BCUT2D eigenvalue weighted by Gasteiger charge is -2.19. The Hall–Kier alpha value is -1.03. The molecule has 2 aromatic carbocycles. The van der Waals surface area contributed by atoms with Crippen LogP contribution in [-0.2, 0) is 0 Å². The third-order valence-electron chi connectivity index (χ3n) is 2.82. The summed E-state index contributed by atoms with van der Waals surface area (Å²) >= 11 is 17.9. The SMILES string of the molecule is CC(Nc1c(F)cc(F)cc1Cl)c1cccc(Cl)c1Cl. The second kappa shape index (κ2) is 6.17. The molecule has 20 heavy (non-hydrogen) atoms. The summed E-state index contributed by atoms with van der Waals surface area (Å²) in [5, 5.41) is 3.63. The highest BCUT2D eigenvalue weighted by molar-refractivity contribution is 6.42. The lowest BCUT2D eigenvalue weighted by atomic mass is 10.1. The first kappa shape index (κ1) is 15.4. The number of anilines is 1. The molecule has 2 rings (SSSR count). The molecule has 0 bridgehead atoms. The molecule has 2 aromatic rings. The van der Waals surface area contributed by atoms with E-state index in [0.29, 0.717) is 15.6 Å². The van der Waals surface area contributed by atoms with Crippen LogP contribution >= 0.6 is 34.8 Å². The molecular weight excluding hydrogens is 327 g/mol. The topological polar surface area (TPSA) is 12.0 Å². The van der Waals surface area contributed by atoms with E-state index < -0.39 is 11.6 Å². The van der Waals surface area contributed by atoms with E-state index in [9.17, 15) is 8.78 Å². The van der Waals surface area contributed by atoms with Crippen LogP contribution in [0, 0.1) is 11.6 Å². The zero-order valence-corrected chi connectivity index (χ0v) is 12.6. The molecule has 0 spiro atoms. The van der Waals surface area contributed by atoms with Gasteiger partial charge in [0, 0.05) is 6.07 Å². The molecule has 1 nitrogen and oxygen atoms in total. The van der Waals surface area contributed by atoms with Gasteiger partial charge in [0.15, 0.2) is 5.82 Å². The van der Waals surface area contributed by atoms with Gasteiger partial charge in [0.1, 0.15) is 5.82 Å². The van der Waals surface area contributed by atoms with Crippen LogP contribution in [-0.4, -0.2) is 0 Å². The lowest BCUT2D eigenvalue weighted by Crippen LogP contribution is -2.09. The van der Waals surface area contributed by atoms with Crippen LogP contribution < -0.4 is 5.32 Å². The average molecular weight is 337 g/mol. The predicted molar refractivity (Wildman–Crippen MR) is 79.9 cm³/mol. The summed E-state index contributed by atoms with van der Waals surface area (Å²) in [5.41, 5.74) is 0.718. The summed E-state index contributed by atoms with van der Waals surface area (Å²) in [6.45, 7) is 1.77. The van der Waals surface area contributed by atoms with Crippen LogP contribution in [0.3, 0.4) is 0 Å². The number of nitrogens with one attached hydrogen (secondary N) is 1. The number of halogens is 5. The lowest BCUT2D eigenvalue weighted by molar-refractivity contribution is 0.584. The van der Waals surface area contributed by atoms with Crippen LogP contribution in [0.1, 0.15) is 18.5 Å². The quantitative estimate of drug-likeness (QED) is 0.714. The molecule has 0 radical (unpaired) electrons. The van der Waals surface area contributed by atoms with Crippen molar-refractivity contribution >= 4 is 40.5 Å². The van der Waals surface area contributed by atoms with E-state index in [1.807, 2.05) is 0 Å². The first-order valence-corrected chi connectivity index (χ1v) is 6.88. The van der Waals surface area contributed by atoms with Crippen molar-refractivity contribution in [1.82, 2.24) is 0 Å². The Bertz CT molecular complexity index is 623. The van der Waals surface area contributed by atoms with Gasteiger partial charge < -0.3 is 5.32 Å². The predicted octanol–water partition coefficient (Wildman–Crippen LogP) is 6.10. The number of hydrogen-bond donors (Lipinski definition) is 1. The summed E-state index contributed by atoms with van der Waals surface area (Å²) in [4.78, 5) is 0. The standard InChI is InChI=1S/C14H10Cl3F2N/c1-7(9-3-2-4-10(15)13(9)17)20-14-11(16)5-8(18)6-12(14)19/h2-7,20H,1H3. The van der Waals surface area contributed by atoms with Gasteiger partial charge in [0.25, 0.3) is 0 Å². The molecule has 0 saturated heterocycles. The van der Waals surface area contributed by atoms with Crippen molar-refractivity contribution in [3.63, 3.8) is 0 Å². The zero-order chi connectivity index (χ0) is 14.9. The fraction of sp³-hybridized carbons (Fsp3) is 0.143. The van der Waals surface area contributed by atoms with E-state index in [-0.39, 0.29) is 16.8 Å². The summed E-state index contributed by atoms with van der Waals surface area (Å²) in [7, 11) is 0. The Morgan fingerprint density at radius 1 is 1.05 bits per heavy atom. The van der Waals surface area contributed by atoms with E-state index in [0.717, 1.165) is 12.1 Å². The summed E-state index contributed by atoms with van der Waals surface area (Å²) < 4.78 is 26.7. The van der Waals surface area contributed by atoms with E-state index >= 15 is 0 Å². The second-order valence-electron chi connectivity index (χ2n) is 4.25. The average Bonchev–Trinajstić information content (AvgIpc) is 2.36. The van der Waals surface area contributed by atoms with Crippen molar-refractivity contribution in [3.05, 3.63) is 62.6 Å². The minimum atomic E-state index is -0.764. The van der Waals surface area contributed by atoms with Gasteiger partial charge in [0.05, 0.1) is 26.8 Å². The Balaban J connectivity index is 2.33. The van der Waals surface area contributed by atoms with Crippen LogP contribution in [0.5, 0.6) is 0 Å². The third kappa shape index (κ3) is 3.17. The third-order valence-corrected chi connectivity index (χ3v) is 3.95. The van der Waals surface area contributed by atoms with Crippen molar-refractivity contribution in [2.45, 2.75) is 13.0 Å². The Morgan fingerprint density at radius 2 is 1.75 bits per heavy atom. The summed E-state index contributed by atoms with van der Waals surface area (Å²) in [5.74, 6) is -1.49. The Labute approximate surface area is 130 Å². The number of rotatable bonds is 3. The number of hydrogen-bond acceptors (Lipinski definition) is 1. The highest BCUT2D eigenvalue weighted by atomic mass is 35.5. The van der Waals surface area contributed by atoms with Gasteiger partial charge in [-0.2, -0.15) is 0 Å². The van der Waals surface area contributed by atoms with Gasteiger partial charge in [-0.1, -0.05) is 46.9 Å². The highest BCUT2D eigenvalue weighted by Gasteiger charge is 2.16. The van der Waals surface area contributed by atoms with Gasteiger partial charge in [-0.25, -0.2) is 8.78 Å². The fourth-order valence-corrected chi connectivity index (χ4v) is 2.55. The summed E-state index contributed by atoms with van der Waals surface area (Å²) in [6.07, 6.45) is 0. The second-order valence-corrected chi connectivity index (χ2v) is 5.45. The normalized spacial score (nSPS) is 12.3. The van der Waals surface area contributed by atoms with Crippen molar-refractivity contribution in [3.8, 4) is 0 Å². The highest BCUT2D eigenvalue weighted by Crippen LogP contribution is 2.34. The van der Waals surface area contributed by atoms with Gasteiger partial charge in [-0.15, -0.1) is 0 Å². The zero-order valence-electron chi connectivity index (χ0n) is 10.4. The van der Waals surface area contributed by atoms with E-state index in [4.69, 9.17) is 34.8 Å². The van der Waals surface area contributed by atoms with Crippen molar-refractivity contribution in [1.29, 1.82) is 0 Å². The van der Waals surface area contributed by atoms with E-state index in [1.54, 1.807) is 25.1 Å². The van der Waals surface area contributed by atoms with Gasteiger partial charge in [-0.3, -0.25) is 0 Å². The van der Waals surface area contributed by atoms with E-state index in [1.165, 1.54) is 0 Å². The molecule has 0 aromatic heterocycles.